The van der Waals surface area contributed by atoms with Crippen LogP contribution >= 0.6 is 11.6 Å². The SMILES string of the molecule is Cc1ccc(NCC(O)c2ccc([N+](=O)[O-])cc2)c(Cl)c1. The van der Waals surface area contributed by atoms with Crippen LogP contribution in [0.15, 0.2) is 42.5 Å². The summed E-state index contributed by atoms with van der Waals surface area (Å²) in [6.07, 6.45) is -0.775. The summed E-state index contributed by atoms with van der Waals surface area (Å²) < 4.78 is 0. The molecule has 0 heterocycles. The van der Waals surface area contributed by atoms with Gasteiger partial charge in [0.15, 0.2) is 0 Å². The van der Waals surface area contributed by atoms with Gasteiger partial charge in [-0.1, -0.05) is 17.7 Å². The highest BCUT2D eigenvalue weighted by Gasteiger charge is 2.11. The van der Waals surface area contributed by atoms with Gasteiger partial charge in [-0.3, -0.25) is 10.1 Å². The van der Waals surface area contributed by atoms with Crippen LogP contribution in [-0.2, 0) is 0 Å². The summed E-state index contributed by atoms with van der Waals surface area (Å²) in [5.74, 6) is 0. The van der Waals surface area contributed by atoms with Gasteiger partial charge in [-0.2, -0.15) is 0 Å². The maximum absolute atomic E-state index is 10.6. The topological polar surface area (TPSA) is 75.4 Å². The molecule has 0 amide bonds. The Bertz CT molecular complexity index is 644. The highest BCUT2D eigenvalue weighted by atomic mass is 35.5. The number of hydrogen-bond acceptors (Lipinski definition) is 4. The molecule has 0 aromatic heterocycles. The Morgan fingerprint density at radius 2 is 1.95 bits per heavy atom. The van der Waals surface area contributed by atoms with Crippen molar-refractivity contribution in [1.29, 1.82) is 0 Å². The van der Waals surface area contributed by atoms with E-state index >= 15 is 0 Å². The third-order valence-electron chi connectivity index (χ3n) is 3.10. The second-order valence-corrected chi connectivity index (χ2v) is 5.14. The number of aliphatic hydroxyl groups excluding tert-OH is 1. The molecule has 2 aromatic carbocycles. The fourth-order valence-electron chi connectivity index (χ4n) is 1.91. The number of aliphatic hydroxyl groups is 1. The summed E-state index contributed by atoms with van der Waals surface area (Å²) in [5, 5.41) is 24.3. The minimum Gasteiger partial charge on any atom is -0.387 e. The van der Waals surface area contributed by atoms with Gasteiger partial charge in [0.25, 0.3) is 5.69 Å². The van der Waals surface area contributed by atoms with Crippen LogP contribution in [0.2, 0.25) is 5.02 Å². The molecule has 5 nitrogen and oxygen atoms in total. The van der Waals surface area contributed by atoms with E-state index in [9.17, 15) is 15.2 Å². The molecule has 110 valence electrons. The van der Waals surface area contributed by atoms with E-state index in [1.54, 1.807) is 12.1 Å². The average Bonchev–Trinajstić information content (AvgIpc) is 2.46. The number of benzene rings is 2. The molecule has 2 N–H and O–H groups in total. The first kappa shape index (κ1) is 15.3. The molecule has 2 aromatic rings. The first-order chi connectivity index (χ1) is 9.97. The smallest absolute Gasteiger partial charge is 0.269 e. The van der Waals surface area contributed by atoms with E-state index in [0.717, 1.165) is 11.3 Å². The zero-order chi connectivity index (χ0) is 15.4. The van der Waals surface area contributed by atoms with E-state index in [4.69, 9.17) is 11.6 Å². The van der Waals surface area contributed by atoms with Crippen molar-refractivity contribution >= 4 is 23.0 Å². The summed E-state index contributed by atoms with van der Waals surface area (Å²) in [4.78, 5) is 10.1. The molecule has 21 heavy (non-hydrogen) atoms. The maximum atomic E-state index is 10.6. The van der Waals surface area contributed by atoms with Crippen LogP contribution in [0, 0.1) is 17.0 Å². The number of hydrogen-bond donors (Lipinski definition) is 2. The van der Waals surface area contributed by atoms with Crippen LogP contribution in [0.4, 0.5) is 11.4 Å². The van der Waals surface area contributed by atoms with Crippen LogP contribution in [0.25, 0.3) is 0 Å². The van der Waals surface area contributed by atoms with Crippen LogP contribution in [0.1, 0.15) is 17.2 Å². The standard InChI is InChI=1S/C15H15ClN2O3/c1-10-2-7-14(13(16)8-10)17-9-15(19)11-3-5-12(6-4-11)18(20)21/h2-8,15,17,19H,9H2,1H3. The molecule has 0 radical (unpaired) electrons. The fraction of sp³-hybridized carbons (Fsp3) is 0.200. The van der Waals surface area contributed by atoms with Crippen LogP contribution < -0.4 is 5.32 Å². The Kier molecular flexibility index (Phi) is 4.77. The van der Waals surface area contributed by atoms with Crippen molar-refractivity contribution in [2.24, 2.45) is 0 Å². The van der Waals surface area contributed by atoms with Crippen LogP contribution in [0.5, 0.6) is 0 Å². The minimum atomic E-state index is -0.775. The summed E-state index contributed by atoms with van der Waals surface area (Å²) in [6, 6.07) is 11.4. The molecule has 0 spiro atoms. The van der Waals surface area contributed by atoms with Crippen LogP contribution in [-0.4, -0.2) is 16.6 Å². The molecule has 0 fully saturated rings. The number of nitrogens with one attached hydrogen (secondary N) is 1. The van der Waals surface area contributed by atoms with Crippen molar-refractivity contribution in [3.8, 4) is 0 Å². The van der Waals surface area contributed by atoms with E-state index in [1.165, 1.54) is 12.1 Å². The Labute approximate surface area is 127 Å². The largest absolute Gasteiger partial charge is 0.387 e. The fourth-order valence-corrected chi connectivity index (χ4v) is 2.21. The van der Waals surface area contributed by atoms with E-state index in [-0.39, 0.29) is 12.2 Å². The summed E-state index contributed by atoms with van der Waals surface area (Å²) in [7, 11) is 0. The molecule has 0 saturated carbocycles. The van der Waals surface area contributed by atoms with E-state index < -0.39 is 11.0 Å². The van der Waals surface area contributed by atoms with Crippen molar-refractivity contribution in [3.63, 3.8) is 0 Å². The predicted molar refractivity (Wildman–Crippen MR) is 82.7 cm³/mol. The zero-order valence-corrected chi connectivity index (χ0v) is 12.2. The summed E-state index contributed by atoms with van der Waals surface area (Å²) in [6.45, 7) is 2.21. The number of nitro benzene ring substituents is 1. The molecule has 0 bridgehead atoms. The normalized spacial score (nSPS) is 12.0. The molecule has 1 atom stereocenters. The summed E-state index contributed by atoms with van der Waals surface area (Å²) in [5.41, 5.74) is 2.40. The minimum absolute atomic E-state index is 0.000452. The van der Waals surface area contributed by atoms with Crippen molar-refractivity contribution < 1.29 is 10.0 Å². The number of aryl methyl sites for hydroxylation is 1. The number of anilines is 1. The number of rotatable bonds is 5. The lowest BCUT2D eigenvalue weighted by molar-refractivity contribution is -0.384. The number of nitro groups is 1. The lowest BCUT2D eigenvalue weighted by atomic mass is 10.1. The first-order valence-corrected chi connectivity index (χ1v) is 6.77. The average molecular weight is 307 g/mol. The molecule has 1 unspecified atom stereocenters. The van der Waals surface area contributed by atoms with E-state index in [0.29, 0.717) is 10.6 Å². The Morgan fingerprint density at radius 1 is 1.29 bits per heavy atom. The second-order valence-electron chi connectivity index (χ2n) is 4.73. The van der Waals surface area contributed by atoms with Gasteiger partial charge >= 0.3 is 0 Å². The lowest BCUT2D eigenvalue weighted by Gasteiger charge is -2.14. The zero-order valence-electron chi connectivity index (χ0n) is 11.4. The van der Waals surface area contributed by atoms with Crippen molar-refractivity contribution in [2.45, 2.75) is 13.0 Å². The van der Waals surface area contributed by atoms with Gasteiger partial charge in [0, 0.05) is 18.7 Å². The third-order valence-corrected chi connectivity index (χ3v) is 3.41. The molecule has 6 heteroatoms. The number of halogens is 1. The maximum Gasteiger partial charge on any atom is 0.269 e. The monoisotopic (exact) mass is 306 g/mol. The van der Waals surface area contributed by atoms with Gasteiger partial charge in [0.2, 0.25) is 0 Å². The summed E-state index contributed by atoms with van der Waals surface area (Å²) >= 11 is 6.10. The van der Waals surface area contributed by atoms with Crippen molar-refractivity contribution in [2.75, 3.05) is 11.9 Å². The van der Waals surface area contributed by atoms with Gasteiger partial charge in [0.05, 0.1) is 21.7 Å². The first-order valence-electron chi connectivity index (χ1n) is 6.40. The van der Waals surface area contributed by atoms with Gasteiger partial charge < -0.3 is 10.4 Å². The number of non-ortho nitro benzene ring substituents is 1. The second kappa shape index (κ2) is 6.56. The molecule has 0 saturated heterocycles. The van der Waals surface area contributed by atoms with E-state index in [2.05, 4.69) is 5.32 Å². The number of nitrogens with zero attached hydrogens (tertiary/aromatic N) is 1. The molecular weight excluding hydrogens is 292 g/mol. The third kappa shape index (κ3) is 3.93. The Morgan fingerprint density at radius 3 is 2.52 bits per heavy atom. The van der Waals surface area contributed by atoms with Crippen molar-refractivity contribution in [3.05, 3.63) is 68.7 Å². The van der Waals surface area contributed by atoms with Gasteiger partial charge in [-0.15, -0.1) is 0 Å². The quantitative estimate of drug-likeness (QED) is 0.652. The van der Waals surface area contributed by atoms with Crippen molar-refractivity contribution in [1.82, 2.24) is 0 Å². The highest BCUT2D eigenvalue weighted by molar-refractivity contribution is 6.33. The molecule has 0 aliphatic rings. The Hall–Kier alpha value is -2.11. The highest BCUT2D eigenvalue weighted by Crippen LogP contribution is 2.24. The van der Waals surface area contributed by atoms with Gasteiger partial charge in [0.1, 0.15) is 0 Å². The van der Waals surface area contributed by atoms with Gasteiger partial charge in [-0.05, 0) is 42.3 Å². The molecule has 0 aliphatic carbocycles. The lowest BCUT2D eigenvalue weighted by Crippen LogP contribution is -2.12. The van der Waals surface area contributed by atoms with E-state index in [1.807, 2.05) is 25.1 Å². The predicted octanol–water partition coefficient (Wildman–Crippen LogP) is 3.70. The molecular formula is C15H15ClN2O3. The van der Waals surface area contributed by atoms with Gasteiger partial charge in [-0.25, -0.2) is 0 Å². The van der Waals surface area contributed by atoms with Crippen LogP contribution in [0.3, 0.4) is 0 Å². The molecule has 2 rings (SSSR count). The Balaban J connectivity index is 2.01. The molecule has 0 aliphatic heterocycles.